The number of carbonyl (C=O) groups excluding carboxylic acids is 2. The molecule has 0 rings (SSSR count). The first kappa shape index (κ1) is 77.3. The molecule has 0 spiro atoms. The Balaban J connectivity index is 3.38. The summed E-state index contributed by atoms with van der Waals surface area (Å²) < 4.78 is 5.49. The van der Waals surface area contributed by atoms with Crippen molar-refractivity contribution in [3.05, 3.63) is 24.3 Å². The number of rotatable bonds is 68. The van der Waals surface area contributed by atoms with Crippen LogP contribution in [0.5, 0.6) is 0 Å². The Hall–Kier alpha value is -1.66. The number of nitrogens with one attached hydrogen (secondary N) is 1. The van der Waals surface area contributed by atoms with Gasteiger partial charge >= 0.3 is 5.97 Å². The van der Waals surface area contributed by atoms with Gasteiger partial charge in [-0.15, -0.1) is 0 Å². The summed E-state index contributed by atoms with van der Waals surface area (Å²) >= 11 is 0. The minimum Gasteiger partial charge on any atom is -0.466 e. The highest BCUT2D eigenvalue weighted by Gasteiger charge is 2.20. The van der Waals surface area contributed by atoms with Gasteiger partial charge in [0, 0.05) is 12.8 Å². The van der Waals surface area contributed by atoms with Gasteiger partial charge in [0.25, 0.3) is 0 Å². The van der Waals surface area contributed by atoms with E-state index in [1.54, 1.807) is 0 Å². The van der Waals surface area contributed by atoms with E-state index in [0.29, 0.717) is 25.9 Å². The van der Waals surface area contributed by atoms with Crippen LogP contribution in [0.15, 0.2) is 24.3 Å². The van der Waals surface area contributed by atoms with E-state index < -0.39 is 12.1 Å². The van der Waals surface area contributed by atoms with E-state index in [1.807, 2.05) is 0 Å². The first-order valence-electron chi connectivity index (χ1n) is 36.1. The largest absolute Gasteiger partial charge is 0.466 e. The van der Waals surface area contributed by atoms with Gasteiger partial charge in [-0.1, -0.05) is 340 Å². The number of aliphatic hydroxyl groups excluding tert-OH is 2. The molecule has 0 aliphatic rings. The summed E-state index contributed by atoms with van der Waals surface area (Å²) in [5.74, 6) is -0.0232. The molecule has 2 unspecified atom stereocenters. The average Bonchev–Trinajstić information content (AvgIpc) is 3.45. The molecule has 468 valence electrons. The molecule has 0 aromatic carbocycles. The van der Waals surface area contributed by atoms with Crippen LogP contribution in [0.2, 0.25) is 0 Å². The van der Waals surface area contributed by atoms with E-state index in [1.165, 1.54) is 327 Å². The second kappa shape index (κ2) is 68.8. The van der Waals surface area contributed by atoms with Gasteiger partial charge in [-0.25, -0.2) is 0 Å². The number of carbonyl (C=O) groups is 2. The topological polar surface area (TPSA) is 95.9 Å². The highest BCUT2D eigenvalue weighted by Crippen LogP contribution is 2.19. The summed E-state index contributed by atoms with van der Waals surface area (Å²) in [7, 11) is 0. The fourth-order valence-electron chi connectivity index (χ4n) is 11.5. The maximum Gasteiger partial charge on any atom is 0.305 e. The molecule has 0 bridgehead atoms. The van der Waals surface area contributed by atoms with Gasteiger partial charge in [-0.05, 0) is 77.0 Å². The van der Waals surface area contributed by atoms with Gasteiger partial charge in [0.05, 0.1) is 25.4 Å². The molecule has 6 nitrogen and oxygen atoms in total. The zero-order chi connectivity index (χ0) is 57.1. The summed E-state index contributed by atoms with van der Waals surface area (Å²) in [6.07, 6.45) is 86.6. The maximum absolute atomic E-state index is 12.5. The Morgan fingerprint density at radius 3 is 0.899 bits per heavy atom. The van der Waals surface area contributed by atoms with Crippen molar-refractivity contribution in [1.82, 2.24) is 5.32 Å². The van der Waals surface area contributed by atoms with Crippen LogP contribution in [0.3, 0.4) is 0 Å². The predicted octanol–water partition coefficient (Wildman–Crippen LogP) is 23.3. The quantitative estimate of drug-likeness (QED) is 0.0320. The number of allylic oxidation sites excluding steroid dienone is 4. The van der Waals surface area contributed by atoms with E-state index in [9.17, 15) is 19.8 Å². The Kier molecular flexibility index (Phi) is 67.4. The number of ether oxygens (including phenoxy) is 1. The van der Waals surface area contributed by atoms with Crippen LogP contribution in [-0.4, -0.2) is 47.4 Å². The van der Waals surface area contributed by atoms with Crippen molar-refractivity contribution in [1.29, 1.82) is 0 Å². The van der Waals surface area contributed by atoms with Crippen LogP contribution >= 0.6 is 0 Å². The minimum absolute atomic E-state index is 0.00858. The van der Waals surface area contributed by atoms with E-state index in [0.717, 1.165) is 44.9 Å². The van der Waals surface area contributed by atoms with Crippen molar-refractivity contribution in [3.8, 4) is 0 Å². The lowest BCUT2D eigenvalue weighted by molar-refractivity contribution is -0.143. The highest BCUT2D eigenvalue weighted by atomic mass is 16.5. The average molecular weight is 1110 g/mol. The number of aliphatic hydroxyl groups is 2. The number of hydrogen-bond acceptors (Lipinski definition) is 5. The summed E-state index contributed by atoms with van der Waals surface area (Å²) in [6, 6.07) is -0.543. The predicted molar refractivity (Wildman–Crippen MR) is 347 cm³/mol. The SMILES string of the molecule is CCCCCCCCC/C=C\CCCCCCCC(=O)OCCCCCCCCCCCCCC/C=C\CCCCCCCCCCCCCC(=O)NC(CO)C(O)CCCCCCCCCCCCCCCCCCCCC. The summed E-state index contributed by atoms with van der Waals surface area (Å²) in [4.78, 5) is 24.6. The van der Waals surface area contributed by atoms with Crippen LogP contribution in [0, 0.1) is 0 Å². The molecule has 0 aliphatic heterocycles. The molecule has 0 aromatic heterocycles. The highest BCUT2D eigenvalue weighted by molar-refractivity contribution is 5.76. The van der Waals surface area contributed by atoms with Crippen molar-refractivity contribution in [3.63, 3.8) is 0 Å². The standard InChI is InChI=1S/C73H141NO5/c1-3-5-7-9-11-13-15-17-19-21-31-34-37-41-45-49-53-57-61-65-71(76)70(69-75)74-72(77)66-62-58-54-50-46-42-38-35-32-29-27-25-23-22-24-26-28-30-33-36-40-44-48-52-56-60-64-68-79-73(78)67-63-59-55-51-47-43-39-20-18-16-14-12-10-8-6-4-2/h20,22-23,39,70-71,75-76H,3-19,21,24-38,40-69H2,1-2H3,(H,74,77)/b23-22-,39-20-. The van der Waals surface area contributed by atoms with Gasteiger partial charge in [0.1, 0.15) is 0 Å². The molecule has 0 radical (unpaired) electrons. The van der Waals surface area contributed by atoms with Gasteiger partial charge in [0.2, 0.25) is 5.91 Å². The van der Waals surface area contributed by atoms with Gasteiger partial charge in [0.15, 0.2) is 0 Å². The minimum atomic E-state index is -0.665. The monoisotopic (exact) mass is 1110 g/mol. The number of unbranched alkanes of at least 4 members (excludes halogenated alkanes) is 53. The Morgan fingerprint density at radius 2 is 0.595 bits per heavy atom. The van der Waals surface area contributed by atoms with E-state index in [-0.39, 0.29) is 18.5 Å². The summed E-state index contributed by atoms with van der Waals surface area (Å²) in [5.41, 5.74) is 0. The zero-order valence-electron chi connectivity index (χ0n) is 53.6. The normalized spacial score (nSPS) is 12.6. The van der Waals surface area contributed by atoms with Crippen LogP contribution in [0.4, 0.5) is 0 Å². The molecule has 0 heterocycles. The third kappa shape index (κ3) is 65.4. The van der Waals surface area contributed by atoms with Gasteiger partial charge < -0.3 is 20.3 Å². The van der Waals surface area contributed by atoms with Crippen LogP contribution < -0.4 is 5.32 Å². The van der Waals surface area contributed by atoms with Crippen LogP contribution in [0.25, 0.3) is 0 Å². The number of amides is 1. The first-order valence-corrected chi connectivity index (χ1v) is 36.1. The molecule has 2 atom stereocenters. The van der Waals surface area contributed by atoms with Crippen molar-refractivity contribution in [2.75, 3.05) is 13.2 Å². The first-order chi connectivity index (χ1) is 39.0. The van der Waals surface area contributed by atoms with E-state index >= 15 is 0 Å². The Bertz CT molecular complexity index is 1230. The number of hydrogen-bond donors (Lipinski definition) is 3. The fourth-order valence-corrected chi connectivity index (χ4v) is 11.5. The second-order valence-electron chi connectivity index (χ2n) is 24.9. The molecule has 0 fully saturated rings. The Morgan fingerprint density at radius 1 is 0.342 bits per heavy atom. The van der Waals surface area contributed by atoms with Gasteiger partial charge in [-0.2, -0.15) is 0 Å². The molecule has 3 N–H and O–H groups in total. The summed E-state index contributed by atoms with van der Waals surface area (Å²) in [5, 5.41) is 23.4. The molecular formula is C73H141NO5. The molecule has 79 heavy (non-hydrogen) atoms. The smallest absolute Gasteiger partial charge is 0.305 e. The molecule has 0 saturated heterocycles. The lowest BCUT2D eigenvalue weighted by Gasteiger charge is -2.22. The third-order valence-corrected chi connectivity index (χ3v) is 17.0. The van der Waals surface area contributed by atoms with Crippen LogP contribution in [-0.2, 0) is 14.3 Å². The molecule has 6 heteroatoms. The zero-order valence-corrected chi connectivity index (χ0v) is 53.6. The molecule has 0 aliphatic carbocycles. The molecular weight excluding hydrogens is 971 g/mol. The van der Waals surface area contributed by atoms with Crippen molar-refractivity contribution in [2.24, 2.45) is 0 Å². The fraction of sp³-hybridized carbons (Fsp3) is 0.918. The van der Waals surface area contributed by atoms with Crippen LogP contribution in [0.1, 0.15) is 406 Å². The lowest BCUT2D eigenvalue weighted by Crippen LogP contribution is -2.45. The van der Waals surface area contributed by atoms with Gasteiger partial charge in [-0.3, -0.25) is 9.59 Å². The summed E-state index contributed by atoms with van der Waals surface area (Å²) in [6.45, 7) is 4.99. The van der Waals surface area contributed by atoms with Crippen molar-refractivity contribution in [2.45, 2.75) is 418 Å². The van der Waals surface area contributed by atoms with E-state index in [4.69, 9.17) is 4.74 Å². The van der Waals surface area contributed by atoms with Crippen molar-refractivity contribution >= 4 is 11.9 Å². The molecule has 0 aromatic rings. The maximum atomic E-state index is 12.5. The number of esters is 1. The lowest BCUT2D eigenvalue weighted by atomic mass is 10.0. The Labute approximate surface area is 494 Å². The van der Waals surface area contributed by atoms with Crippen molar-refractivity contribution < 1.29 is 24.5 Å². The molecule has 1 amide bonds. The molecule has 0 saturated carbocycles. The second-order valence-corrected chi connectivity index (χ2v) is 24.9. The van der Waals surface area contributed by atoms with E-state index in [2.05, 4.69) is 43.5 Å². The third-order valence-electron chi connectivity index (χ3n) is 17.0.